The molecule has 0 spiro atoms. The van der Waals surface area contributed by atoms with Crippen molar-refractivity contribution in [2.24, 2.45) is 0 Å². The highest BCUT2D eigenvalue weighted by atomic mass is 16.5. The number of hydrogen-bond donors (Lipinski definition) is 0. The third-order valence-corrected chi connectivity index (χ3v) is 6.89. The number of ether oxygens (including phenoxy) is 3. The first-order valence-electron chi connectivity index (χ1n) is 12.3. The summed E-state index contributed by atoms with van der Waals surface area (Å²) in [4.78, 5) is 31.5. The van der Waals surface area contributed by atoms with E-state index >= 15 is 0 Å². The molecule has 1 amide bonds. The SMILES string of the molecule is CCN(CC)CCCN1C(=O)c2oc3ccc(C)cc3c(=O)c2C1c1cc(OC)c(OC)c(OC)c1. The van der Waals surface area contributed by atoms with Crippen LogP contribution in [-0.2, 0) is 0 Å². The van der Waals surface area contributed by atoms with Crippen molar-refractivity contribution in [3.63, 3.8) is 0 Å². The molecule has 2 aromatic carbocycles. The molecule has 0 saturated carbocycles. The van der Waals surface area contributed by atoms with E-state index < -0.39 is 6.04 Å². The van der Waals surface area contributed by atoms with Gasteiger partial charge in [0, 0.05) is 6.54 Å². The smallest absolute Gasteiger partial charge is 0.290 e. The van der Waals surface area contributed by atoms with Crippen LogP contribution < -0.4 is 19.6 Å². The van der Waals surface area contributed by atoms with Gasteiger partial charge in [-0.1, -0.05) is 25.5 Å². The Morgan fingerprint density at radius 3 is 2.22 bits per heavy atom. The lowest BCUT2D eigenvalue weighted by Gasteiger charge is -2.27. The normalized spacial score (nSPS) is 15.0. The number of amides is 1. The number of benzene rings is 2. The van der Waals surface area contributed by atoms with Crippen LogP contribution in [-0.4, -0.2) is 63.2 Å². The molecule has 8 heteroatoms. The number of rotatable bonds is 10. The molecule has 8 nitrogen and oxygen atoms in total. The van der Waals surface area contributed by atoms with E-state index in [0.29, 0.717) is 45.9 Å². The predicted octanol–water partition coefficient (Wildman–Crippen LogP) is 4.40. The van der Waals surface area contributed by atoms with Gasteiger partial charge in [0.2, 0.25) is 11.5 Å². The minimum atomic E-state index is -0.640. The maximum absolute atomic E-state index is 13.8. The Hall–Kier alpha value is -3.52. The summed E-state index contributed by atoms with van der Waals surface area (Å²) in [5.41, 5.74) is 2.19. The monoisotopic (exact) mass is 494 g/mol. The third kappa shape index (κ3) is 4.41. The molecule has 1 aliphatic rings. The Kier molecular flexibility index (Phi) is 7.54. The molecule has 1 aromatic heterocycles. The zero-order valence-corrected chi connectivity index (χ0v) is 21.8. The fourth-order valence-electron chi connectivity index (χ4n) is 4.98. The lowest BCUT2D eigenvalue weighted by Crippen LogP contribution is -2.33. The quantitative estimate of drug-likeness (QED) is 0.413. The van der Waals surface area contributed by atoms with Crippen molar-refractivity contribution in [1.82, 2.24) is 9.80 Å². The Bertz CT molecular complexity index is 1300. The van der Waals surface area contributed by atoms with Crippen molar-refractivity contribution < 1.29 is 23.4 Å². The molecule has 1 atom stereocenters. The molecule has 1 unspecified atom stereocenters. The lowest BCUT2D eigenvalue weighted by molar-refractivity contribution is 0.0719. The predicted molar refractivity (Wildman–Crippen MR) is 139 cm³/mol. The number of hydrogen-bond acceptors (Lipinski definition) is 7. The van der Waals surface area contributed by atoms with Gasteiger partial charge in [-0.2, -0.15) is 0 Å². The lowest BCUT2D eigenvalue weighted by atomic mass is 9.97. The highest BCUT2D eigenvalue weighted by Crippen LogP contribution is 2.45. The van der Waals surface area contributed by atoms with Gasteiger partial charge in [0.15, 0.2) is 16.9 Å². The van der Waals surface area contributed by atoms with Crippen molar-refractivity contribution in [3.8, 4) is 17.2 Å². The summed E-state index contributed by atoms with van der Waals surface area (Å²) in [6, 6.07) is 8.38. The molecule has 3 aromatic rings. The topological polar surface area (TPSA) is 81.5 Å². The van der Waals surface area contributed by atoms with E-state index in [0.717, 1.165) is 31.6 Å². The molecule has 36 heavy (non-hydrogen) atoms. The summed E-state index contributed by atoms with van der Waals surface area (Å²) >= 11 is 0. The molecule has 0 saturated heterocycles. The Labute approximate surface area is 211 Å². The van der Waals surface area contributed by atoms with E-state index in [1.165, 1.54) is 7.11 Å². The van der Waals surface area contributed by atoms with E-state index in [2.05, 4.69) is 18.7 Å². The van der Waals surface area contributed by atoms with Gasteiger partial charge in [-0.25, -0.2) is 0 Å². The standard InChI is InChI=1S/C28H34N2O6/c1-7-29(8-2)12-9-13-30-24(18-15-21(33-4)26(35-6)22(16-18)34-5)23-25(31)19-14-17(3)10-11-20(19)36-27(23)28(30)32/h10-11,14-16,24H,7-9,12-13H2,1-6H3. The number of fused-ring (bicyclic) bond motifs is 2. The van der Waals surface area contributed by atoms with E-state index in [1.54, 1.807) is 43.4 Å². The van der Waals surface area contributed by atoms with Crippen LogP contribution in [0.4, 0.5) is 0 Å². The first-order chi connectivity index (χ1) is 17.4. The van der Waals surface area contributed by atoms with Gasteiger partial charge >= 0.3 is 0 Å². The van der Waals surface area contributed by atoms with Crippen molar-refractivity contribution in [3.05, 3.63) is 63.0 Å². The average Bonchev–Trinajstić information content (AvgIpc) is 3.17. The summed E-state index contributed by atoms with van der Waals surface area (Å²) in [5, 5.41) is 0.462. The Morgan fingerprint density at radius 1 is 0.972 bits per heavy atom. The van der Waals surface area contributed by atoms with Crippen molar-refractivity contribution in [2.75, 3.05) is 47.5 Å². The molecule has 0 bridgehead atoms. The van der Waals surface area contributed by atoms with Crippen LogP contribution >= 0.6 is 0 Å². The average molecular weight is 495 g/mol. The van der Waals surface area contributed by atoms with Crippen LogP contribution in [0.1, 0.15) is 53.6 Å². The van der Waals surface area contributed by atoms with E-state index in [9.17, 15) is 9.59 Å². The third-order valence-electron chi connectivity index (χ3n) is 6.89. The largest absolute Gasteiger partial charge is 0.493 e. The summed E-state index contributed by atoms with van der Waals surface area (Å²) < 4.78 is 22.7. The second kappa shape index (κ2) is 10.6. The van der Waals surface area contributed by atoms with Crippen molar-refractivity contribution in [2.45, 2.75) is 33.2 Å². The molecular weight excluding hydrogens is 460 g/mol. The molecule has 0 N–H and O–H groups in total. The fraction of sp³-hybridized carbons (Fsp3) is 0.429. The maximum atomic E-state index is 13.8. The molecule has 2 heterocycles. The number of carbonyl (C=O) groups excluding carboxylic acids is 1. The van der Waals surface area contributed by atoms with Gasteiger partial charge in [-0.05, 0) is 62.8 Å². The zero-order chi connectivity index (χ0) is 26.0. The second-order valence-electron chi connectivity index (χ2n) is 8.91. The number of aryl methyl sites for hydroxylation is 1. The van der Waals surface area contributed by atoms with Crippen LogP contribution in [0.2, 0.25) is 0 Å². The van der Waals surface area contributed by atoms with Gasteiger partial charge in [-0.3, -0.25) is 9.59 Å². The number of nitrogens with zero attached hydrogens (tertiary/aromatic N) is 2. The van der Waals surface area contributed by atoms with Gasteiger partial charge < -0.3 is 28.4 Å². The highest BCUT2D eigenvalue weighted by Gasteiger charge is 2.43. The molecular formula is C28H34N2O6. The minimum absolute atomic E-state index is 0.0953. The van der Waals surface area contributed by atoms with Crippen LogP contribution in [0.3, 0.4) is 0 Å². The first-order valence-corrected chi connectivity index (χ1v) is 12.3. The maximum Gasteiger partial charge on any atom is 0.290 e. The van der Waals surface area contributed by atoms with Gasteiger partial charge in [0.05, 0.1) is 38.3 Å². The van der Waals surface area contributed by atoms with Gasteiger partial charge in [0.25, 0.3) is 5.91 Å². The zero-order valence-electron chi connectivity index (χ0n) is 21.8. The van der Waals surface area contributed by atoms with Crippen molar-refractivity contribution >= 4 is 16.9 Å². The van der Waals surface area contributed by atoms with Gasteiger partial charge in [-0.15, -0.1) is 0 Å². The highest BCUT2D eigenvalue weighted by molar-refractivity contribution is 5.99. The van der Waals surface area contributed by atoms with E-state index in [1.807, 2.05) is 13.0 Å². The summed E-state index contributed by atoms with van der Waals surface area (Å²) in [5.74, 6) is 1.16. The summed E-state index contributed by atoms with van der Waals surface area (Å²) in [7, 11) is 4.62. The van der Waals surface area contributed by atoms with Crippen LogP contribution in [0.5, 0.6) is 17.2 Å². The molecule has 0 aliphatic carbocycles. The van der Waals surface area contributed by atoms with Crippen LogP contribution in [0, 0.1) is 6.92 Å². The molecule has 0 radical (unpaired) electrons. The Morgan fingerprint density at radius 2 is 1.64 bits per heavy atom. The van der Waals surface area contributed by atoms with Crippen molar-refractivity contribution in [1.29, 1.82) is 0 Å². The molecule has 4 rings (SSSR count). The number of methoxy groups -OCH3 is 3. The first kappa shape index (κ1) is 25.6. The minimum Gasteiger partial charge on any atom is -0.493 e. The molecule has 0 fully saturated rings. The van der Waals surface area contributed by atoms with Gasteiger partial charge in [0.1, 0.15) is 5.58 Å². The van der Waals surface area contributed by atoms with E-state index in [4.69, 9.17) is 18.6 Å². The molecule has 1 aliphatic heterocycles. The molecule has 192 valence electrons. The van der Waals surface area contributed by atoms with Crippen LogP contribution in [0.15, 0.2) is 39.5 Å². The summed E-state index contributed by atoms with van der Waals surface area (Å²) in [6.45, 7) is 9.35. The summed E-state index contributed by atoms with van der Waals surface area (Å²) in [6.07, 6.45) is 0.759. The van der Waals surface area contributed by atoms with Crippen LogP contribution in [0.25, 0.3) is 11.0 Å². The fourth-order valence-corrected chi connectivity index (χ4v) is 4.98. The van der Waals surface area contributed by atoms with E-state index in [-0.39, 0.29) is 17.1 Å². The second-order valence-corrected chi connectivity index (χ2v) is 8.91. The Balaban J connectivity index is 1.89. The number of carbonyl (C=O) groups is 1.